The maximum atomic E-state index is 14.9. The minimum absolute atomic E-state index is 0.0518. The number of hydrogen-bond acceptors (Lipinski definition) is 0. The molecule has 0 aromatic heterocycles. The molecule has 0 unspecified atom stereocenters. The molecule has 0 atom stereocenters. The Kier molecular flexibility index (Phi) is 5.12. The second-order valence-corrected chi connectivity index (χ2v) is 8.00. The summed E-state index contributed by atoms with van der Waals surface area (Å²) >= 11 is 0. The van der Waals surface area contributed by atoms with Crippen LogP contribution in [0.15, 0.2) is 30.3 Å². The highest BCUT2D eigenvalue weighted by atomic mass is 19.1. The third-order valence-electron chi connectivity index (χ3n) is 6.38. The van der Waals surface area contributed by atoms with Crippen LogP contribution in [0.4, 0.5) is 13.2 Å². The number of aryl methyl sites for hydroxylation is 1. The van der Waals surface area contributed by atoms with E-state index in [9.17, 15) is 13.2 Å². The van der Waals surface area contributed by atoms with E-state index in [0.29, 0.717) is 18.4 Å². The van der Waals surface area contributed by atoms with Crippen molar-refractivity contribution in [3.8, 4) is 0 Å². The van der Waals surface area contributed by atoms with E-state index < -0.39 is 11.6 Å². The van der Waals surface area contributed by atoms with Gasteiger partial charge in [-0.3, -0.25) is 0 Å². The summed E-state index contributed by atoms with van der Waals surface area (Å²) < 4.78 is 43.3. The highest BCUT2D eigenvalue weighted by molar-refractivity contribution is 5.85. The highest BCUT2D eigenvalue weighted by Crippen LogP contribution is 2.39. The molecule has 4 rings (SSSR count). The van der Waals surface area contributed by atoms with Gasteiger partial charge in [-0.05, 0) is 96.9 Å². The number of hydrogen-bond donors (Lipinski definition) is 0. The summed E-state index contributed by atoms with van der Waals surface area (Å²) in [5.74, 6) is -0.309. The molecule has 2 aromatic carbocycles. The van der Waals surface area contributed by atoms with Crippen LogP contribution in [-0.4, -0.2) is 0 Å². The van der Waals surface area contributed by atoms with Gasteiger partial charge in [-0.1, -0.05) is 25.5 Å². The zero-order valence-corrected chi connectivity index (χ0v) is 15.7. The Morgan fingerprint density at radius 2 is 1.59 bits per heavy atom. The van der Waals surface area contributed by atoms with Crippen LogP contribution in [0.5, 0.6) is 0 Å². The minimum Gasteiger partial charge on any atom is -0.207 e. The maximum Gasteiger partial charge on any atom is 0.133 e. The molecule has 2 aromatic rings. The lowest BCUT2D eigenvalue weighted by Crippen LogP contribution is -2.13. The first-order valence-corrected chi connectivity index (χ1v) is 10.0. The van der Waals surface area contributed by atoms with Crippen molar-refractivity contribution in [2.75, 3.05) is 0 Å². The molecule has 1 saturated carbocycles. The number of halogens is 3. The van der Waals surface area contributed by atoms with Crippen molar-refractivity contribution < 1.29 is 13.2 Å². The van der Waals surface area contributed by atoms with Crippen LogP contribution in [0, 0.1) is 23.4 Å². The summed E-state index contributed by atoms with van der Waals surface area (Å²) in [6, 6.07) is 7.67. The Morgan fingerprint density at radius 3 is 2.26 bits per heavy atom. The van der Waals surface area contributed by atoms with Gasteiger partial charge in [0.25, 0.3) is 0 Å². The van der Waals surface area contributed by atoms with Crippen molar-refractivity contribution >= 4 is 11.6 Å². The van der Waals surface area contributed by atoms with Gasteiger partial charge in [-0.15, -0.1) is 0 Å². The average Bonchev–Trinajstić information content (AvgIpc) is 2.67. The maximum absolute atomic E-state index is 14.9. The van der Waals surface area contributed by atoms with Crippen molar-refractivity contribution in [3.63, 3.8) is 0 Å². The predicted octanol–water partition coefficient (Wildman–Crippen LogP) is 7.27. The van der Waals surface area contributed by atoms with Gasteiger partial charge >= 0.3 is 0 Å². The van der Waals surface area contributed by atoms with E-state index >= 15 is 0 Å². The number of benzene rings is 2. The van der Waals surface area contributed by atoms with Gasteiger partial charge in [-0.25, -0.2) is 13.2 Å². The molecule has 27 heavy (non-hydrogen) atoms. The van der Waals surface area contributed by atoms with Crippen LogP contribution in [-0.2, 0) is 6.42 Å². The zero-order valence-electron chi connectivity index (χ0n) is 15.7. The number of allylic oxidation sites excluding steroid dienone is 1. The van der Waals surface area contributed by atoms with Crippen LogP contribution in [0.3, 0.4) is 0 Å². The summed E-state index contributed by atoms with van der Waals surface area (Å²) in [6.07, 6.45) is 8.44. The van der Waals surface area contributed by atoms with E-state index in [0.717, 1.165) is 48.3 Å². The summed E-state index contributed by atoms with van der Waals surface area (Å²) in [6.45, 7) is 2.21. The molecule has 0 amide bonds. The Labute approximate surface area is 159 Å². The van der Waals surface area contributed by atoms with Crippen LogP contribution < -0.4 is 0 Å². The van der Waals surface area contributed by atoms with Crippen LogP contribution in [0.25, 0.3) is 11.6 Å². The standard InChI is InChI=1S/C24H25F3/c1-2-15-3-5-16(6-4-15)20-13-22(26)24(23(27)14-20)18-8-7-17-9-10-21(25)12-19(17)11-18/h9-16H,2-8H2,1H3. The van der Waals surface area contributed by atoms with E-state index in [1.807, 2.05) is 0 Å². The summed E-state index contributed by atoms with van der Waals surface area (Å²) in [5.41, 5.74) is 3.19. The monoisotopic (exact) mass is 370 g/mol. The first-order chi connectivity index (χ1) is 13.0. The van der Waals surface area contributed by atoms with Gasteiger partial charge in [-0.2, -0.15) is 0 Å². The molecule has 0 heterocycles. The number of rotatable bonds is 3. The Hall–Kier alpha value is -2.03. The molecule has 142 valence electrons. The molecule has 0 saturated heterocycles. The topological polar surface area (TPSA) is 0 Å². The predicted molar refractivity (Wildman–Crippen MR) is 104 cm³/mol. The smallest absolute Gasteiger partial charge is 0.133 e. The molecule has 0 nitrogen and oxygen atoms in total. The molecule has 3 heteroatoms. The zero-order chi connectivity index (χ0) is 19.0. The van der Waals surface area contributed by atoms with Gasteiger partial charge < -0.3 is 0 Å². The lowest BCUT2D eigenvalue weighted by atomic mass is 9.77. The van der Waals surface area contributed by atoms with Gasteiger partial charge in [0.05, 0.1) is 0 Å². The van der Waals surface area contributed by atoms with Crippen LogP contribution in [0.2, 0.25) is 0 Å². The Morgan fingerprint density at radius 1 is 0.889 bits per heavy atom. The largest absolute Gasteiger partial charge is 0.207 e. The second-order valence-electron chi connectivity index (χ2n) is 8.00. The normalized spacial score (nSPS) is 22.3. The highest BCUT2D eigenvalue weighted by Gasteiger charge is 2.25. The molecule has 0 aliphatic heterocycles. The molecule has 2 aliphatic carbocycles. The SMILES string of the molecule is CCC1CCC(c2cc(F)c(C3=Cc4cc(F)ccc4CC3)c(F)c2)CC1. The molecule has 0 N–H and O–H groups in total. The fraction of sp³-hybridized carbons (Fsp3) is 0.417. The number of fused-ring (bicyclic) bond motifs is 1. The van der Waals surface area contributed by atoms with E-state index in [1.165, 1.54) is 30.7 Å². The lowest BCUT2D eigenvalue weighted by molar-refractivity contribution is 0.318. The quantitative estimate of drug-likeness (QED) is 0.533. The van der Waals surface area contributed by atoms with Gasteiger partial charge in [0.1, 0.15) is 17.5 Å². The van der Waals surface area contributed by atoms with Crippen molar-refractivity contribution in [2.45, 2.75) is 57.8 Å². The molecule has 0 spiro atoms. The molecular formula is C24H25F3. The molecule has 0 bridgehead atoms. The lowest BCUT2D eigenvalue weighted by Gasteiger charge is -2.28. The summed E-state index contributed by atoms with van der Waals surface area (Å²) in [7, 11) is 0. The Balaban J connectivity index is 1.63. The fourth-order valence-corrected chi connectivity index (χ4v) is 4.69. The molecule has 1 fully saturated rings. The first kappa shape index (κ1) is 18.3. The van der Waals surface area contributed by atoms with Gasteiger partial charge in [0.15, 0.2) is 0 Å². The minimum atomic E-state index is -0.492. The van der Waals surface area contributed by atoms with Gasteiger partial charge in [0.2, 0.25) is 0 Å². The second kappa shape index (κ2) is 7.53. The summed E-state index contributed by atoms with van der Waals surface area (Å²) in [4.78, 5) is 0. The summed E-state index contributed by atoms with van der Waals surface area (Å²) in [5, 5.41) is 0. The fourth-order valence-electron chi connectivity index (χ4n) is 4.69. The first-order valence-electron chi connectivity index (χ1n) is 10.0. The third kappa shape index (κ3) is 3.69. The van der Waals surface area contributed by atoms with Crippen LogP contribution in [0.1, 0.15) is 73.6 Å². The van der Waals surface area contributed by atoms with Crippen LogP contribution >= 0.6 is 0 Å². The van der Waals surface area contributed by atoms with E-state index in [-0.39, 0.29) is 17.3 Å². The van der Waals surface area contributed by atoms with Crippen molar-refractivity contribution in [1.29, 1.82) is 0 Å². The van der Waals surface area contributed by atoms with E-state index in [1.54, 1.807) is 12.1 Å². The molecular weight excluding hydrogens is 345 g/mol. The van der Waals surface area contributed by atoms with E-state index in [2.05, 4.69) is 6.92 Å². The van der Waals surface area contributed by atoms with Crippen molar-refractivity contribution in [3.05, 3.63) is 70.0 Å². The third-order valence-corrected chi connectivity index (χ3v) is 6.38. The average molecular weight is 370 g/mol. The van der Waals surface area contributed by atoms with E-state index in [4.69, 9.17) is 0 Å². The molecule has 0 radical (unpaired) electrons. The molecule has 2 aliphatic rings. The van der Waals surface area contributed by atoms with Gasteiger partial charge in [0, 0.05) is 5.56 Å². The van der Waals surface area contributed by atoms with Crippen molar-refractivity contribution in [1.82, 2.24) is 0 Å². The Bertz CT molecular complexity index is 850. The van der Waals surface area contributed by atoms with Crippen molar-refractivity contribution in [2.24, 2.45) is 5.92 Å².